The van der Waals surface area contributed by atoms with Crippen molar-refractivity contribution >= 4 is 29.9 Å². The van der Waals surface area contributed by atoms with Crippen LogP contribution in [0.25, 0.3) is 5.82 Å². The molecular weight excluding hydrogens is 479 g/mol. The van der Waals surface area contributed by atoms with E-state index in [0.717, 1.165) is 43.5 Å². The summed E-state index contributed by atoms with van der Waals surface area (Å²) < 4.78 is 7.86. The number of pyridine rings is 1. The third-order valence-electron chi connectivity index (χ3n) is 4.86. The fraction of sp³-hybridized carbons (Fsp3) is 0.571. The number of hydrogen-bond acceptors (Lipinski definition) is 4. The Morgan fingerprint density at radius 1 is 1.24 bits per heavy atom. The monoisotopic (exact) mass is 512 g/mol. The van der Waals surface area contributed by atoms with Gasteiger partial charge >= 0.3 is 0 Å². The van der Waals surface area contributed by atoms with Gasteiger partial charge in [0.1, 0.15) is 12.1 Å². The first kappa shape index (κ1) is 23.6. The summed E-state index contributed by atoms with van der Waals surface area (Å²) in [5.74, 6) is 1.69. The number of ether oxygens (including phenoxy) is 1. The Labute approximate surface area is 190 Å². The Morgan fingerprint density at radius 2 is 2.10 bits per heavy atom. The van der Waals surface area contributed by atoms with Crippen LogP contribution in [0.2, 0.25) is 0 Å². The third kappa shape index (κ3) is 8.30. The highest BCUT2D eigenvalue weighted by molar-refractivity contribution is 14.0. The predicted molar refractivity (Wildman–Crippen MR) is 127 cm³/mol. The summed E-state index contributed by atoms with van der Waals surface area (Å²) >= 11 is 0. The Bertz CT molecular complexity index is 698. The van der Waals surface area contributed by atoms with Crippen molar-refractivity contribution in [1.29, 1.82) is 0 Å². The molecule has 160 valence electrons. The zero-order valence-corrected chi connectivity index (χ0v) is 19.5. The lowest BCUT2D eigenvalue weighted by atomic mass is 9.98. The van der Waals surface area contributed by atoms with Gasteiger partial charge in [-0.2, -0.15) is 0 Å². The average molecular weight is 512 g/mol. The predicted octanol–water partition coefficient (Wildman–Crippen LogP) is 3.68. The van der Waals surface area contributed by atoms with Crippen LogP contribution in [0.4, 0.5) is 0 Å². The summed E-state index contributed by atoms with van der Waals surface area (Å²) in [7, 11) is 0. The second kappa shape index (κ2) is 13.5. The van der Waals surface area contributed by atoms with Crippen LogP contribution in [-0.4, -0.2) is 46.3 Å². The molecule has 0 aromatic carbocycles. The Balaban J connectivity index is 0.00000300. The second-order valence-corrected chi connectivity index (χ2v) is 7.10. The number of nitrogens with zero attached hydrogens (tertiary/aromatic N) is 4. The van der Waals surface area contributed by atoms with Crippen molar-refractivity contribution in [2.75, 3.05) is 19.7 Å². The lowest BCUT2D eigenvalue weighted by Gasteiger charge is -2.22. The first-order chi connectivity index (χ1) is 13.8. The van der Waals surface area contributed by atoms with Crippen molar-refractivity contribution in [3.63, 3.8) is 0 Å². The maximum Gasteiger partial charge on any atom is 0.191 e. The highest BCUT2D eigenvalue weighted by atomic mass is 127. The van der Waals surface area contributed by atoms with Gasteiger partial charge in [0.25, 0.3) is 0 Å². The number of nitrogens with one attached hydrogen (secondary N) is 2. The molecule has 0 bridgehead atoms. The number of hydrogen-bond donors (Lipinski definition) is 2. The molecule has 0 unspecified atom stereocenters. The van der Waals surface area contributed by atoms with Gasteiger partial charge in [-0.15, -0.1) is 24.0 Å². The first-order valence-corrected chi connectivity index (χ1v) is 10.4. The van der Waals surface area contributed by atoms with Crippen LogP contribution in [0.3, 0.4) is 0 Å². The van der Waals surface area contributed by atoms with Crippen LogP contribution in [0, 0.1) is 0 Å². The largest absolute Gasteiger partial charge is 0.378 e. The fourth-order valence-corrected chi connectivity index (χ4v) is 3.33. The molecule has 3 rings (SSSR count). The quantitative estimate of drug-likeness (QED) is 0.232. The van der Waals surface area contributed by atoms with Crippen LogP contribution < -0.4 is 10.6 Å². The molecule has 2 aromatic rings. The molecule has 8 heteroatoms. The van der Waals surface area contributed by atoms with Crippen molar-refractivity contribution in [3.8, 4) is 5.82 Å². The molecule has 2 aromatic heterocycles. The first-order valence-electron chi connectivity index (χ1n) is 10.4. The van der Waals surface area contributed by atoms with E-state index >= 15 is 0 Å². The summed E-state index contributed by atoms with van der Waals surface area (Å²) in [6, 6.07) is 4.03. The minimum Gasteiger partial charge on any atom is -0.378 e. The van der Waals surface area contributed by atoms with Crippen LogP contribution in [-0.2, 0) is 11.3 Å². The molecule has 1 aliphatic carbocycles. The van der Waals surface area contributed by atoms with Gasteiger partial charge in [0.15, 0.2) is 5.96 Å². The number of aliphatic imine (C=N–C) groups is 1. The molecule has 0 spiro atoms. The average Bonchev–Trinajstić information content (AvgIpc) is 3.28. The van der Waals surface area contributed by atoms with Gasteiger partial charge in [0, 0.05) is 38.3 Å². The highest BCUT2D eigenvalue weighted by Gasteiger charge is 2.12. The third-order valence-corrected chi connectivity index (χ3v) is 4.86. The van der Waals surface area contributed by atoms with E-state index in [1.54, 1.807) is 12.5 Å². The zero-order valence-electron chi connectivity index (χ0n) is 17.2. The summed E-state index contributed by atoms with van der Waals surface area (Å²) in [5, 5.41) is 6.68. The SMILES string of the molecule is CCNC(=NCc1ccc(-n2ccnc2)nc1)NCCCOC1CCCCC1.I. The number of aromatic nitrogens is 3. The lowest BCUT2D eigenvalue weighted by Crippen LogP contribution is -2.38. The van der Waals surface area contributed by atoms with Gasteiger partial charge in [-0.3, -0.25) is 4.57 Å². The molecule has 0 saturated heterocycles. The van der Waals surface area contributed by atoms with Crippen LogP contribution >= 0.6 is 24.0 Å². The maximum atomic E-state index is 5.98. The molecule has 1 fully saturated rings. The molecule has 2 N–H and O–H groups in total. The molecule has 0 atom stereocenters. The summed E-state index contributed by atoms with van der Waals surface area (Å²) in [6.45, 7) is 5.17. The molecule has 2 heterocycles. The number of guanidine groups is 1. The molecule has 7 nitrogen and oxygen atoms in total. The molecule has 1 saturated carbocycles. The zero-order chi connectivity index (χ0) is 19.4. The van der Waals surface area contributed by atoms with Crippen molar-refractivity contribution in [2.24, 2.45) is 4.99 Å². The summed E-state index contributed by atoms with van der Waals surface area (Å²) in [5.41, 5.74) is 1.07. The van der Waals surface area contributed by atoms with E-state index in [0.29, 0.717) is 12.6 Å². The molecule has 29 heavy (non-hydrogen) atoms. The topological polar surface area (TPSA) is 76.4 Å². The molecule has 1 aliphatic rings. The van der Waals surface area contributed by atoms with Gasteiger partial charge in [-0.25, -0.2) is 15.0 Å². The molecule has 0 radical (unpaired) electrons. The van der Waals surface area contributed by atoms with Crippen molar-refractivity contribution in [2.45, 2.75) is 58.1 Å². The Hall–Kier alpha value is -1.68. The van der Waals surface area contributed by atoms with E-state index < -0.39 is 0 Å². The number of halogens is 1. The van der Waals surface area contributed by atoms with E-state index in [2.05, 4.69) is 32.5 Å². The molecule has 0 amide bonds. The van der Waals surface area contributed by atoms with E-state index in [1.807, 2.05) is 29.1 Å². The second-order valence-electron chi connectivity index (χ2n) is 7.10. The van der Waals surface area contributed by atoms with Crippen molar-refractivity contribution in [1.82, 2.24) is 25.2 Å². The van der Waals surface area contributed by atoms with E-state index in [4.69, 9.17) is 4.74 Å². The summed E-state index contributed by atoms with van der Waals surface area (Å²) in [6.07, 6.45) is 15.2. The number of imidazole rings is 1. The Kier molecular flexibility index (Phi) is 11.0. The minimum atomic E-state index is 0. The highest BCUT2D eigenvalue weighted by Crippen LogP contribution is 2.20. The van der Waals surface area contributed by atoms with Gasteiger partial charge < -0.3 is 15.4 Å². The van der Waals surface area contributed by atoms with Gasteiger partial charge in [0.05, 0.1) is 12.6 Å². The fourth-order valence-electron chi connectivity index (χ4n) is 3.33. The summed E-state index contributed by atoms with van der Waals surface area (Å²) in [4.78, 5) is 13.2. The van der Waals surface area contributed by atoms with E-state index in [1.165, 1.54) is 32.1 Å². The van der Waals surface area contributed by atoms with E-state index in [-0.39, 0.29) is 24.0 Å². The van der Waals surface area contributed by atoms with Crippen LogP contribution in [0.15, 0.2) is 42.0 Å². The van der Waals surface area contributed by atoms with E-state index in [9.17, 15) is 0 Å². The molecule has 0 aliphatic heterocycles. The molecular formula is C21H33IN6O. The standard InChI is InChI=1S/C21H32N6O.HI/c1-2-23-21(24-11-6-14-28-19-7-4-3-5-8-19)26-16-18-9-10-20(25-15-18)27-13-12-22-17-27;/h9-10,12-13,15,17,19H,2-8,11,14,16H2,1H3,(H2,23,24,26);1H. The van der Waals surface area contributed by atoms with Gasteiger partial charge in [0.2, 0.25) is 0 Å². The van der Waals surface area contributed by atoms with Crippen LogP contribution in [0.5, 0.6) is 0 Å². The van der Waals surface area contributed by atoms with Gasteiger partial charge in [-0.1, -0.05) is 25.3 Å². The smallest absolute Gasteiger partial charge is 0.191 e. The maximum absolute atomic E-state index is 5.98. The normalized spacial score (nSPS) is 15.0. The number of rotatable bonds is 9. The Morgan fingerprint density at radius 3 is 2.79 bits per heavy atom. The van der Waals surface area contributed by atoms with Crippen LogP contribution in [0.1, 0.15) is 51.0 Å². The lowest BCUT2D eigenvalue weighted by molar-refractivity contribution is 0.0277. The van der Waals surface area contributed by atoms with Crippen molar-refractivity contribution < 1.29 is 4.74 Å². The minimum absolute atomic E-state index is 0. The van der Waals surface area contributed by atoms with Gasteiger partial charge in [-0.05, 0) is 37.8 Å². The van der Waals surface area contributed by atoms with Crippen molar-refractivity contribution in [3.05, 3.63) is 42.6 Å².